The molecule has 0 bridgehead atoms. The van der Waals surface area contributed by atoms with Crippen LogP contribution in [0.1, 0.15) is 22.3 Å². The molecule has 2 aliphatic rings. The van der Waals surface area contributed by atoms with Gasteiger partial charge in [-0.15, -0.1) is 0 Å². The molecule has 1 atom stereocenters. The molecule has 1 spiro atoms. The van der Waals surface area contributed by atoms with E-state index in [4.69, 9.17) is 0 Å². The molecule has 2 heteroatoms. The number of para-hydroxylation sites is 2. The van der Waals surface area contributed by atoms with Crippen LogP contribution in [0.2, 0.25) is 0 Å². The third-order valence-electron chi connectivity index (χ3n) is 15.6. The summed E-state index contributed by atoms with van der Waals surface area (Å²) < 4.78 is 2.40. The van der Waals surface area contributed by atoms with E-state index >= 15 is 0 Å². The lowest BCUT2D eigenvalue weighted by atomic mass is 9.64. The van der Waals surface area contributed by atoms with Crippen molar-refractivity contribution in [1.29, 1.82) is 0 Å². The molecule has 0 N–H and O–H groups in total. The number of hydrogen-bond donors (Lipinski definition) is 0. The van der Waals surface area contributed by atoms with Gasteiger partial charge in [-0.1, -0.05) is 206 Å². The maximum absolute atomic E-state index is 2.49. The molecule has 0 saturated heterocycles. The predicted octanol–water partition coefficient (Wildman–Crippen LogP) is 18.2. The standard InChI is InChI=1S/C69H44N2/c1-3-19-45(20-4-1)46-35-37-48(38-36-46)70(50-40-42-66-61(44-50)56-28-15-18-34-65(56)71(66)47-21-5-2-6-22-47)49-39-41-64-60(43-49)54-26-8-7-23-51(54)55-27-13-16-32-62(55)69(64)63-33-17-14-31-59(63)67-57-29-11-9-24-52(57)53-25-10-12-30-58(53)68(67)69/h1-44H. The smallest absolute Gasteiger partial charge is 0.0731 e. The minimum Gasteiger partial charge on any atom is -0.310 e. The van der Waals surface area contributed by atoms with Crippen LogP contribution in [0.3, 0.4) is 0 Å². The predicted molar refractivity (Wildman–Crippen MR) is 298 cm³/mol. The van der Waals surface area contributed by atoms with Gasteiger partial charge in [0.1, 0.15) is 0 Å². The van der Waals surface area contributed by atoms with Crippen LogP contribution in [0.25, 0.3) is 93.5 Å². The molecule has 0 amide bonds. The van der Waals surface area contributed by atoms with Gasteiger partial charge in [0.15, 0.2) is 0 Å². The number of aromatic nitrogens is 1. The SMILES string of the molecule is c1ccc(-c2ccc(N(c3ccc4c(c3)-c3ccccc3-c3ccccc3C43c4ccccc4-c4c3c3ccccc3c3ccccc43)c3ccc4c(c3)c3ccccc3n4-c3ccccc3)cc2)cc1. The average Bonchev–Trinajstić information content (AvgIpc) is 3.92. The van der Waals surface area contributed by atoms with Crippen molar-refractivity contribution >= 4 is 60.4 Å². The Bertz CT molecular complexity index is 4280. The molecule has 71 heavy (non-hydrogen) atoms. The fourth-order valence-electron chi connectivity index (χ4n) is 12.7. The molecule has 15 rings (SSSR count). The number of benzene rings is 12. The van der Waals surface area contributed by atoms with Crippen molar-refractivity contribution in [2.75, 3.05) is 4.90 Å². The lowest BCUT2D eigenvalue weighted by molar-refractivity contribution is 0.783. The van der Waals surface area contributed by atoms with Crippen molar-refractivity contribution in [3.05, 3.63) is 289 Å². The highest BCUT2D eigenvalue weighted by molar-refractivity contribution is 6.20. The maximum atomic E-state index is 2.49. The van der Waals surface area contributed by atoms with Crippen LogP contribution in [0.4, 0.5) is 17.1 Å². The fourth-order valence-corrected chi connectivity index (χ4v) is 12.7. The molecule has 2 aliphatic carbocycles. The number of nitrogens with zero attached hydrogens (tertiary/aromatic N) is 2. The molecule has 0 aliphatic heterocycles. The van der Waals surface area contributed by atoms with Crippen molar-refractivity contribution in [2.45, 2.75) is 5.41 Å². The summed E-state index contributed by atoms with van der Waals surface area (Å²) in [4.78, 5) is 2.47. The average molecular weight is 901 g/mol. The number of fused-ring (bicyclic) bond motifs is 20. The van der Waals surface area contributed by atoms with Crippen LogP contribution in [0, 0.1) is 0 Å². The van der Waals surface area contributed by atoms with E-state index in [2.05, 4.69) is 276 Å². The van der Waals surface area contributed by atoms with Crippen LogP contribution in [0.5, 0.6) is 0 Å². The van der Waals surface area contributed by atoms with E-state index in [0.717, 1.165) is 22.7 Å². The topological polar surface area (TPSA) is 8.17 Å². The van der Waals surface area contributed by atoms with Crippen molar-refractivity contribution < 1.29 is 0 Å². The second kappa shape index (κ2) is 15.4. The second-order valence-corrected chi connectivity index (χ2v) is 19.1. The second-order valence-electron chi connectivity index (χ2n) is 19.1. The van der Waals surface area contributed by atoms with Gasteiger partial charge in [0.25, 0.3) is 0 Å². The highest BCUT2D eigenvalue weighted by Gasteiger charge is 2.51. The van der Waals surface area contributed by atoms with E-state index < -0.39 is 5.41 Å². The number of hydrogen-bond acceptors (Lipinski definition) is 1. The Labute approximate surface area is 412 Å². The summed E-state index contributed by atoms with van der Waals surface area (Å²) in [5.74, 6) is 0. The molecule has 0 fully saturated rings. The molecule has 13 aromatic rings. The summed E-state index contributed by atoms with van der Waals surface area (Å²) in [7, 11) is 0. The van der Waals surface area contributed by atoms with Gasteiger partial charge in [-0.2, -0.15) is 0 Å². The summed E-state index contributed by atoms with van der Waals surface area (Å²) in [6, 6.07) is 99.5. The molecule has 0 radical (unpaired) electrons. The molecule has 1 unspecified atom stereocenters. The van der Waals surface area contributed by atoms with Gasteiger partial charge in [0, 0.05) is 33.5 Å². The highest BCUT2D eigenvalue weighted by Crippen LogP contribution is 2.64. The quantitative estimate of drug-likeness (QED) is 0.156. The Balaban J connectivity index is 1.04. The Morgan fingerprint density at radius 1 is 0.282 bits per heavy atom. The lowest BCUT2D eigenvalue weighted by Gasteiger charge is -2.37. The fraction of sp³-hybridized carbons (Fsp3) is 0.0145. The Morgan fingerprint density at radius 3 is 1.51 bits per heavy atom. The molecule has 12 aromatic carbocycles. The monoisotopic (exact) mass is 900 g/mol. The largest absolute Gasteiger partial charge is 0.310 e. The molecule has 0 saturated carbocycles. The van der Waals surface area contributed by atoms with Gasteiger partial charge >= 0.3 is 0 Å². The first-order valence-corrected chi connectivity index (χ1v) is 24.7. The van der Waals surface area contributed by atoms with Gasteiger partial charge < -0.3 is 9.47 Å². The lowest BCUT2D eigenvalue weighted by Crippen LogP contribution is -2.29. The van der Waals surface area contributed by atoms with Crippen LogP contribution >= 0.6 is 0 Å². The van der Waals surface area contributed by atoms with Gasteiger partial charge in [0.05, 0.1) is 16.4 Å². The van der Waals surface area contributed by atoms with E-state index in [1.54, 1.807) is 0 Å². The summed E-state index contributed by atoms with van der Waals surface area (Å²) in [6.45, 7) is 0. The van der Waals surface area contributed by atoms with E-state index in [1.807, 2.05) is 0 Å². The number of rotatable bonds is 5. The van der Waals surface area contributed by atoms with Gasteiger partial charge in [0.2, 0.25) is 0 Å². The Morgan fingerprint density at radius 2 is 0.761 bits per heavy atom. The van der Waals surface area contributed by atoms with Crippen LogP contribution < -0.4 is 4.90 Å². The first-order chi connectivity index (χ1) is 35.3. The van der Waals surface area contributed by atoms with E-state index in [1.165, 1.54) is 110 Å². The summed E-state index contributed by atoms with van der Waals surface area (Å²) in [5, 5.41) is 7.57. The van der Waals surface area contributed by atoms with Crippen molar-refractivity contribution in [1.82, 2.24) is 4.57 Å². The van der Waals surface area contributed by atoms with Crippen LogP contribution in [-0.4, -0.2) is 4.57 Å². The van der Waals surface area contributed by atoms with E-state index in [-0.39, 0.29) is 0 Å². The van der Waals surface area contributed by atoms with Crippen molar-refractivity contribution in [2.24, 2.45) is 0 Å². The van der Waals surface area contributed by atoms with Crippen LogP contribution in [0.15, 0.2) is 267 Å². The summed E-state index contributed by atoms with van der Waals surface area (Å²) >= 11 is 0. The minimum atomic E-state index is -0.653. The zero-order valence-electron chi connectivity index (χ0n) is 38.8. The molecule has 330 valence electrons. The Kier molecular flexibility index (Phi) is 8.61. The first-order valence-electron chi connectivity index (χ1n) is 24.7. The molecule has 2 nitrogen and oxygen atoms in total. The van der Waals surface area contributed by atoms with Crippen molar-refractivity contribution in [3.63, 3.8) is 0 Å². The van der Waals surface area contributed by atoms with Crippen LogP contribution in [-0.2, 0) is 5.41 Å². The van der Waals surface area contributed by atoms with Crippen molar-refractivity contribution in [3.8, 4) is 50.2 Å². The summed E-state index contributed by atoms with van der Waals surface area (Å²) in [5.41, 5.74) is 21.3. The third-order valence-corrected chi connectivity index (χ3v) is 15.6. The molecular formula is C69H44N2. The van der Waals surface area contributed by atoms with E-state index in [0.29, 0.717) is 0 Å². The minimum absolute atomic E-state index is 0.653. The molecule has 1 aromatic heterocycles. The maximum Gasteiger partial charge on any atom is 0.0731 e. The van der Waals surface area contributed by atoms with E-state index in [9.17, 15) is 0 Å². The molecule has 1 heterocycles. The van der Waals surface area contributed by atoms with Gasteiger partial charge in [-0.25, -0.2) is 0 Å². The highest BCUT2D eigenvalue weighted by atomic mass is 15.1. The molecular weight excluding hydrogens is 857 g/mol. The zero-order valence-corrected chi connectivity index (χ0v) is 38.8. The first kappa shape index (κ1) is 39.7. The normalized spacial score (nSPS) is 14.3. The third kappa shape index (κ3) is 5.65. The van der Waals surface area contributed by atoms with Gasteiger partial charge in [-0.05, 0) is 149 Å². The number of anilines is 3. The zero-order chi connectivity index (χ0) is 46.6. The Hall–Kier alpha value is -9.24. The van der Waals surface area contributed by atoms with Gasteiger partial charge in [-0.3, -0.25) is 0 Å². The summed E-state index contributed by atoms with van der Waals surface area (Å²) in [6.07, 6.45) is 0.